The zero-order valence-corrected chi connectivity index (χ0v) is 13.9. The first kappa shape index (κ1) is 16.7. The number of hydrazone groups is 1. The Morgan fingerprint density at radius 2 is 2.00 bits per heavy atom. The third kappa shape index (κ3) is 3.36. The third-order valence-corrected chi connectivity index (χ3v) is 3.77. The lowest BCUT2D eigenvalue weighted by molar-refractivity contribution is 0.0950. The first-order valence-corrected chi connectivity index (χ1v) is 7.63. The number of amides is 1. The number of halogens is 1. The van der Waals surface area contributed by atoms with E-state index in [1.165, 1.54) is 31.5 Å². The molecule has 1 amide bonds. The summed E-state index contributed by atoms with van der Waals surface area (Å²) in [4.78, 5) is 24.4. The van der Waals surface area contributed by atoms with Gasteiger partial charge in [0, 0.05) is 23.0 Å². The maximum Gasteiger partial charge on any atom is 0.292 e. The number of carbonyl (C=O) groups excluding carboxylic acids is 1. The molecule has 0 saturated heterocycles. The smallest absolute Gasteiger partial charge is 0.292 e. The van der Waals surface area contributed by atoms with Gasteiger partial charge in [-0.05, 0) is 24.3 Å². The van der Waals surface area contributed by atoms with Crippen molar-refractivity contribution >= 4 is 34.5 Å². The van der Waals surface area contributed by atoms with Crippen molar-refractivity contribution in [2.75, 3.05) is 0 Å². The van der Waals surface area contributed by atoms with Gasteiger partial charge < -0.3 is 5.11 Å². The molecule has 1 heterocycles. The van der Waals surface area contributed by atoms with Gasteiger partial charge in [-0.1, -0.05) is 29.8 Å². The molecule has 7 nitrogen and oxygen atoms in total. The predicted molar refractivity (Wildman–Crippen MR) is 95.2 cm³/mol. The van der Waals surface area contributed by atoms with E-state index in [4.69, 9.17) is 11.6 Å². The molecular formula is C17H13ClN4O3. The van der Waals surface area contributed by atoms with Crippen LogP contribution >= 0.6 is 11.6 Å². The Morgan fingerprint density at radius 1 is 1.28 bits per heavy atom. The lowest BCUT2D eigenvalue weighted by Crippen LogP contribution is -2.27. The van der Waals surface area contributed by atoms with Crippen LogP contribution in [0.25, 0.3) is 10.8 Å². The molecule has 0 radical (unpaired) electrons. The third-order valence-electron chi connectivity index (χ3n) is 3.53. The highest BCUT2D eigenvalue weighted by Crippen LogP contribution is 2.19. The number of phenolic OH excluding ortho intramolecular Hbond substituents is 1. The second-order valence-corrected chi connectivity index (χ2v) is 5.66. The molecule has 0 bridgehead atoms. The second-order valence-electron chi connectivity index (χ2n) is 5.23. The number of hydrogen-bond donors (Lipinski definition) is 2. The number of benzene rings is 2. The summed E-state index contributed by atoms with van der Waals surface area (Å²) >= 11 is 5.85. The average Bonchev–Trinajstić information content (AvgIpc) is 2.61. The van der Waals surface area contributed by atoms with Gasteiger partial charge in [-0.15, -0.1) is 0 Å². The van der Waals surface area contributed by atoms with Crippen LogP contribution in [0.1, 0.15) is 16.1 Å². The van der Waals surface area contributed by atoms with Crippen molar-refractivity contribution in [1.82, 2.24) is 15.2 Å². The number of aromatic hydroxyl groups is 1. The van der Waals surface area contributed by atoms with Gasteiger partial charge >= 0.3 is 0 Å². The van der Waals surface area contributed by atoms with E-state index in [1.54, 1.807) is 24.3 Å². The van der Waals surface area contributed by atoms with E-state index in [0.29, 0.717) is 21.4 Å². The van der Waals surface area contributed by atoms with Crippen LogP contribution in [0.15, 0.2) is 52.4 Å². The van der Waals surface area contributed by atoms with Crippen molar-refractivity contribution in [2.45, 2.75) is 0 Å². The molecule has 0 saturated carbocycles. The monoisotopic (exact) mass is 356 g/mol. The summed E-state index contributed by atoms with van der Waals surface area (Å²) < 4.78 is 1.10. The zero-order chi connectivity index (χ0) is 18.0. The van der Waals surface area contributed by atoms with Crippen LogP contribution in [0.5, 0.6) is 5.75 Å². The van der Waals surface area contributed by atoms with Crippen molar-refractivity contribution in [3.05, 3.63) is 69.1 Å². The van der Waals surface area contributed by atoms with E-state index in [-0.39, 0.29) is 17.0 Å². The van der Waals surface area contributed by atoms with Crippen molar-refractivity contribution in [3.63, 3.8) is 0 Å². The molecule has 0 aliphatic rings. The average molecular weight is 357 g/mol. The fourth-order valence-electron chi connectivity index (χ4n) is 2.31. The minimum Gasteiger partial charge on any atom is -0.507 e. The molecule has 0 aliphatic carbocycles. The van der Waals surface area contributed by atoms with Crippen molar-refractivity contribution in [3.8, 4) is 5.75 Å². The highest BCUT2D eigenvalue weighted by molar-refractivity contribution is 6.30. The number of aromatic nitrogens is 2. The number of hydrogen-bond acceptors (Lipinski definition) is 5. The Kier molecular flexibility index (Phi) is 4.49. The van der Waals surface area contributed by atoms with Crippen molar-refractivity contribution in [2.24, 2.45) is 12.1 Å². The van der Waals surface area contributed by atoms with Gasteiger partial charge in [0.25, 0.3) is 11.5 Å². The zero-order valence-electron chi connectivity index (χ0n) is 13.1. The number of phenols is 1. The van der Waals surface area contributed by atoms with E-state index in [1.807, 2.05) is 0 Å². The van der Waals surface area contributed by atoms with E-state index >= 15 is 0 Å². The molecule has 2 N–H and O–H groups in total. The van der Waals surface area contributed by atoms with Crippen LogP contribution in [0.3, 0.4) is 0 Å². The molecule has 0 spiro atoms. The normalized spacial score (nSPS) is 11.1. The van der Waals surface area contributed by atoms with Crippen LogP contribution < -0.4 is 11.0 Å². The Hall–Kier alpha value is -3.19. The Bertz CT molecular complexity index is 1060. The summed E-state index contributed by atoms with van der Waals surface area (Å²) in [5.74, 6) is -0.599. The number of fused-ring (bicyclic) bond motifs is 1. The van der Waals surface area contributed by atoms with E-state index in [2.05, 4.69) is 15.6 Å². The van der Waals surface area contributed by atoms with Crippen LogP contribution in [0.2, 0.25) is 5.02 Å². The largest absolute Gasteiger partial charge is 0.507 e. The standard InChI is InChI=1S/C17H13ClN4O3/c1-22-17(25)13-5-3-2-4-12(13)15(21-22)16(24)20-19-9-10-8-11(18)6-7-14(10)23/h2-9,23H,1H3,(H,20,24)/b19-9+. The summed E-state index contributed by atoms with van der Waals surface area (Å²) in [7, 11) is 1.47. The van der Waals surface area contributed by atoms with Crippen LogP contribution in [-0.2, 0) is 7.05 Å². The van der Waals surface area contributed by atoms with Crippen LogP contribution in [-0.4, -0.2) is 27.0 Å². The number of nitrogens with one attached hydrogen (secondary N) is 1. The molecule has 1 aromatic heterocycles. The van der Waals surface area contributed by atoms with Gasteiger partial charge in [-0.2, -0.15) is 10.2 Å². The van der Waals surface area contributed by atoms with Gasteiger partial charge in [-0.3, -0.25) is 9.59 Å². The molecule has 2 aromatic carbocycles. The summed E-state index contributed by atoms with van der Waals surface area (Å²) in [6, 6.07) is 11.2. The number of aryl methyl sites for hydroxylation is 1. The lowest BCUT2D eigenvalue weighted by atomic mass is 10.1. The topological polar surface area (TPSA) is 96.6 Å². The van der Waals surface area contributed by atoms with E-state index in [9.17, 15) is 14.7 Å². The van der Waals surface area contributed by atoms with E-state index < -0.39 is 5.91 Å². The Morgan fingerprint density at radius 3 is 2.76 bits per heavy atom. The summed E-state index contributed by atoms with van der Waals surface area (Å²) in [5, 5.41) is 18.8. The maximum absolute atomic E-state index is 12.4. The molecule has 0 fully saturated rings. The fourth-order valence-corrected chi connectivity index (χ4v) is 2.49. The van der Waals surface area contributed by atoms with Crippen molar-refractivity contribution < 1.29 is 9.90 Å². The first-order chi connectivity index (χ1) is 12.0. The van der Waals surface area contributed by atoms with Gasteiger partial charge in [0.2, 0.25) is 0 Å². The van der Waals surface area contributed by atoms with Crippen LogP contribution in [0, 0.1) is 0 Å². The molecular weight excluding hydrogens is 344 g/mol. The number of carbonyl (C=O) groups is 1. The molecule has 25 heavy (non-hydrogen) atoms. The molecule has 0 aliphatic heterocycles. The van der Waals surface area contributed by atoms with Gasteiger partial charge in [0.05, 0.1) is 11.6 Å². The molecule has 0 unspecified atom stereocenters. The lowest BCUT2D eigenvalue weighted by Gasteiger charge is -2.06. The van der Waals surface area contributed by atoms with Crippen LogP contribution in [0.4, 0.5) is 0 Å². The minimum atomic E-state index is -0.579. The summed E-state index contributed by atoms with van der Waals surface area (Å²) in [6.45, 7) is 0. The Balaban J connectivity index is 1.91. The summed E-state index contributed by atoms with van der Waals surface area (Å²) in [5.41, 5.74) is 2.47. The summed E-state index contributed by atoms with van der Waals surface area (Å²) in [6.07, 6.45) is 1.27. The number of nitrogens with zero attached hydrogens (tertiary/aromatic N) is 3. The molecule has 8 heteroatoms. The highest BCUT2D eigenvalue weighted by atomic mass is 35.5. The molecule has 0 atom stereocenters. The maximum atomic E-state index is 12.4. The number of rotatable bonds is 3. The molecule has 3 rings (SSSR count). The molecule has 126 valence electrons. The first-order valence-electron chi connectivity index (χ1n) is 7.25. The SMILES string of the molecule is Cn1nc(C(=O)N/N=C/c2cc(Cl)ccc2O)c2ccccc2c1=O. The minimum absolute atomic E-state index is 0.0203. The van der Waals surface area contributed by atoms with Gasteiger partial charge in [0.1, 0.15) is 5.75 Å². The van der Waals surface area contributed by atoms with E-state index in [0.717, 1.165) is 4.68 Å². The Labute approximate surface area is 147 Å². The predicted octanol–water partition coefficient (Wildman–Crippen LogP) is 2.06. The van der Waals surface area contributed by atoms with Gasteiger partial charge in [0.15, 0.2) is 5.69 Å². The quantitative estimate of drug-likeness (QED) is 0.554. The van der Waals surface area contributed by atoms with Gasteiger partial charge in [-0.25, -0.2) is 10.1 Å². The highest BCUT2D eigenvalue weighted by Gasteiger charge is 2.14. The van der Waals surface area contributed by atoms with Crippen molar-refractivity contribution in [1.29, 1.82) is 0 Å². The molecule has 3 aromatic rings. The second kappa shape index (κ2) is 6.74. The fraction of sp³-hybridized carbons (Fsp3) is 0.0588.